The molecule has 16 heavy (non-hydrogen) atoms. The second-order valence-corrected chi connectivity index (χ2v) is 4.03. The van der Waals surface area contributed by atoms with Gasteiger partial charge >= 0.3 is 6.03 Å². The molecule has 94 valence electrons. The molecule has 0 rings (SSSR count). The van der Waals surface area contributed by atoms with Crippen LogP contribution in [0.25, 0.3) is 0 Å². The SMILES string of the molecule is CCN(C)C(=O)N(CC)CC(=O)NC(C)C. The smallest absolute Gasteiger partial charge is 0.320 e. The summed E-state index contributed by atoms with van der Waals surface area (Å²) < 4.78 is 0. The predicted octanol–water partition coefficient (Wildman–Crippen LogP) is 0.905. The summed E-state index contributed by atoms with van der Waals surface area (Å²) in [4.78, 5) is 26.4. The lowest BCUT2D eigenvalue weighted by Crippen LogP contribution is -2.47. The van der Waals surface area contributed by atoms with Crippen LogP contribution >= 0.6 is 0 Å². The number of hydrogen-bond acceptors (Lipinski definition) is 2. The topological polar surface area (TPSA) is 52.7 Å². The van der Waals surface area contributed by atoms with Gasteiger partial charge in [0, 0.05) is 26.2 Å². The summed E-state index contributed by atoms with van der Waals surface area (Å²) >= 11 is 0. The predicted molar refractivity (Wildman–Crippen MR) is 64.2 cm³/mol. The normalized spacial score (nSPS) is 10.1. The van der Waals surface area contributed by atoms with Crippen molar-refractivity contribution in [3.8, 4) is 0 Å². The fourth-order valence-corrected chi connectivity index (χ4v) is 1.23. The maximum atomic E-state index is 11.8. The lowest BCUT2D eigenvalue weighted by Gasteiger charge is -2.26. The number of carbonyl (C=O) groups excluding carboxylic acids is 2. The van der Waals surface area contributed by atoms with E-state index in [2.05, 4.69) is 5.32 Å². The first-order valence-electron chi connectivity index (χ1n) is 5.71. The molecular formula is C11H23N3O2. The fourth-order valence-electron chi connectivity index (χ4n) is 1.23. The largest absolute Gasteiger partial charge is 0.352 e. The molecule has 0 unspecified atom stereocenters. The van der Waals surface area contributed by atoms with Crippen LogP contribution in [0.5, 0.6) is 0 Å². The monoisotopic (exact) mass is 229 g/mol. The third-order valence-electron chi connectivity index (χ3n) is 2.24. The van der Waals surface area contributed by atoms with E-state index in [1.807, 2.05) is 27.7 Å². The number of likely N-dealkylation sites (N-methyl/N-ethyl adjacent to an activating group) is 1. The minimum atomic E-state index is -0.116. The minimum Gasteiger partial charge on any atom is -0.352 e. The maximum absolute atomic E-state index is 11.8. The Morgan fingerprint density at radius 3 is 2.12 bits per heavy atom. The van der Waals surface area contributed by atoms with Crippen molar-refractivity contribution < 1.29 is 9.59 Å². The second-order valence-electron chi connectivity index (χ2n) is 4.03. The van der Waals surface area contributed by atoms with Gasteiger partial charge in [-0.1, -0.05) is 0 Å². The second kappa shape index (κ2) is 7.09. The van der Waals surface area contributed by atoms with Gasteiger partial charge in [-0.3, -0.25) is 4.79 Å². The van der Waals surface area contributed by atoms with Crippen molar-refractivity contribution in [2.75, 3.05) is 26.7 Å². The van der Waals surface area contributed by atoms with E-state index in [0.717, 1.165) is 0 Å². The molecule has 5 nitrogen and oxygen atoms in total. The van der Waals surface area contributed by atoms with Gasteiger partial charge in [0.05, 0.1) is 0 Å². The molecule has 0 saturated heterocycles. The minimum absolute atomic E-state index is 0.102. The van der Waals surface area contributed by atoms with Crippen LogP contribution in [0.2, 0.25) is 0 Å². The van der Waals surface area contributed by atoms with Crippen molar-refractivity contribution in [3.63, 3.8) is 0 Å². The van der Waals surface area contributed by atoms with E-state index in [-0.39, 0.29) is 24.5 Å². The molecule has 0 fully saturated rings. The highest BCUT2D eigenvalue weighted by Gasteiger charge is 2.18. The summed E-state index contributed by atoms with van der Waals surface area (Å²) in [5, 5.41) is 2.77. The molecule has 0 aliphatic heterocycles. The van der Waals surface area contributed by atoms with Crippen molar-refractivity contribution in [1.29, 1.82) is 0 Å². The Morgan fingerprint density at radius 1 is 1.19 bits per heavy atom. The molecule has 0 heterocycles. The first-order chi connectivity index (χ1) is 7.42. The maximum Gasteiger partial charge on any atom is 0.320 e. The summed E-state index contributed by atoms with van der Waals surface area (Å²) in [6, 6.07) is -0.00545. The molecular weight excluding hydrogens is 206 g/mol. The van der Waals surface area contributed by atoms with Gasteiger partial charge in [-0.15, -0.1) is 0 Å². The highest BCUT2D eigenvalue weighted by molar-refractivity contribution is 5.84. The van der Waals surface area contributed by atoms with Crippen molar-refractivity contribution in [2.24, 2.45) is 0 Å². The molecule has 0 aromatic rings. The number of nitrogens with one attached hydrogen (secondary N) is 1. The van der Waals surface area contributed by atoms with Gasteiger partial charge in [0.15, 0.2) is 0 Å². The van der Waals surface area contributed by atoms with Crippen LogP contribution in [-0.4, -0.2) is 54.5 Å². The van der Waals surface area contributed by atoms with Crippen molar-refractivity contribution in [1.82, 2.24) is 15.1 Å². The fraction of sp³-hybridized carbons (Fsp3) is 0.818. The van der Waals surface area contributed by atoms with Crippen LogP contribution < -0.4 is 5.32 Å². The molecule has 0 aromatic heterocycles. The van der Waals surface area contributed by atoms with Gasteiger partial charge in [0.1, 0.15) is 6.54 Å². The van der Waals surface area contributed by atoms with E-state index in [1.54, 1.807) is 11.9 Å². The Balaban J connectivity index is 4.29. The van der Waals surface area contributed by atoms with Gasteiger partial charge < -0.3 is 15.1 Å². The summed E-state index contributed by atoms with van der Waals surface area (Å²) in [7, 11) is 1.73. The Bertz CT molecular complexity index is 241. The van der Waals surface area contributed by atoms with Gasteiger partial charge in [0.2, 0.25) is 5.91 Å². The molecule has 0 aromatic carbocycles. The quantitative estimate of drug-likeness (QED) is 0.761. The summed E-state index contributed by atoms with van der Waals surface area (Å²) in [5.74, 6) is -0.116. The third-order valence-corrected chi connectivity index (χ3v) is 2.24. The highest BCUT2D eigenvalue weighted by atomic mass is 16.2. The number of amides is 3. The molecule has 1 N–H and O–H groups in total. The zero-order valence-electron chi connectivity index (χ0n) is 10.9. The average molecular weight is 229 g/mol. The number of hydrogen-bond donors (Lipinski definition) is 1. The van der Waals surface area contributed by atoms with E-state index >= 15 is 0 Å². The number of rotatable bonds is 5. The zero-order chi connectivity index (χ0) is 12.7. The standard InChI is InChI=1S/C11H23N3O2/c1-6-13(5)11(16)14(7-2)8-10(15)12-9(3)4/h9H,6-8H2,1-5H3,(H,12,15). The molecule has 0 aliphatic carbocycles. The lowest BCUT2D eigenvalue weighted by atomic mass is 10.3. The summed E-state index contributed by atoms with van der Waals surface area (Å²) in [5.41, 5.74) is 0. The van der Waals surface area contributed by atoms with Crippen LogP contribution in [0.1, 0.15) is 27.7 Å². The van der Waals surface area contributed by atoms with Crippen molar-refractivity contribution in [3.05, 3.63) is 0 Å². The number of urea groups is 1. The molecule has 5 heteroatoms. The lowest BCUT2D eigenvalue weighted by molar-refractivity contribution is -0.122. The summed E-state index contributed by atoms with van der Waals surface area (Å²) in [6.45, 7) is 8.86. The van der Waals surface area contributed by atoms with Crippen LogP contribution in [0.3, 0.4) is 0 Å². The van der Waals surface area contributed by atoms with Gasteiger partial charge in [-0.25, -0.2) is 4.79 Å². The first kappa shape index (κ1) is 14.7. The van der Waals surface area contributed by atoms with Crippen molar-refractivity contribution in [2.45, 2.75) is 33.7 Å². The Morgan fingerprint density at radius 2 is 1.75 bits per heavy atom. The Hall–Kier alpha value is -1.26. The zero-order valence-corrected chi connectivity index (χ0v) is 10.9. The van der Waals surface area contributed by atoms with Crippen LogP contribution in [0.15, 0.2) is 0 Å². The van der Waals surface area contributed by atoms with Crippen LogP contribution in [0, 0.1) is 0 Å². The van der Waals surface area contributed by atoms with E-state index in [4.69, 9.17) is 0 Å². The Kier molecular flexibility index (Phi) is 6.53. The van der Waals surface area contributed by atoms with Crippen molar-refractivity contribution >= 4 is 11.9 Å². The van der Waals surface area contributed by atoms with E-state index < -0.39 is 0 Å². The van der Waals surface area contributed by atoms with E-state index in [1.165, 1.54) is 4.90 Å². The Labute approximate surface area is 97.8 Å². The summed E-state index contributed by atoms with van der Waals surface area (Å²) in [6.07, 6.45) is 0. The molecule has 0 bridgehead atoms. The number of nitrogens with zero attached hydrogens (tertiary/aromatic N) is 2. The molecule has 0 atom stereocenters. The van der Waals surface area contributed by atoms with Gasteiger partial charge in [-0.05, 0) is 27.7 Å². The average Bonchev–Trinajstić information content (AvgIpc) is 2.22. The van der Waals surface area contributed by atoms with Crippen LogP contribution in [-0.2, 0) is 4.79 Å². The van der Waals surface area contributed by atoms with E-state index in [0.29, 0.717) is 13.1 Å². The van der Waals surface area contributed by atoms with Gasteiger partial charge in [-0.2, -0.15) is 0 Å². The molecule has 0 aliphatic rings. The third kappa shape index (κ3) is 5.00. The molecule has 3 amide bonds. The van der Waals surface area contributed by atoms with Gasteiger partial charge in [0.25, 0.3) is 0 Å². The highest BCUT2D eigenvalue weighted by Crippen LogP contribution is 1.96. The number of carbonyl (C=O) groups is 2. The molecule has 0 radical (unpaired) electrons. The molecule has 0 spiro atoms. The van der Waals surface area contributed by atoms with E-state index in [9.17, 15) is 9.59 Å². The molecule has 0 saturated carbocycles. The van der Waals surface area contributed by atoms with Crippen LogP contribution in [0.4, 0.5) is 4.79 Å². The first-order valence-corrected chi connectivity index (χ1v) is 5.71.